The normalized spacial score (nSPS) is 9.69. The first-order valence-corrected chi connectivity index (χ1v) is 4.97. The Morgan fingerprint density at radius 2 is 2.12 bits per heavy atom. The van der Waals surface area contributed by atoms with Crippen molar-refractivity contribution in [3.05, 3.63) is 34.4 Å². The predicted octanol–water partition coefficient (Wildman–Crippen LogP) is 3.66. The average molecular weight is 225 g/mol. The zero-order chi connectivity index (χ0) is 11.3. The number of hydrogen-bond donors (Lipinski definition) is 0. The van der Waals surface area contributed by atoms with Gasteiger partial charge in [-0.1, -0.05) is 27.3 Å². The third-order valence-corrected chi connectivity index (χ3v) is 1.99. The summed E-state index contributed by atoms with van der Waals surface area (Å²) in [6.45, 7) is 4.81. The Bertz CT molecular complexity index is 337. The number of hydrogen-bond acceptors (Lipinski definition) is 3. The molecule has 0 aliphatic carbocycles. The second-order valence-corrected chi connectivity index (χ2v) is 3.79. The molecular weight excluding hydrogens is 206 g/mol. The second kappa shape index (κ2) is 6.82. The molecule has 0 saturated carbocycles. The van der Waals surface area contributed by atoms with E-state index < -0.39 is 4.92 Å². The minimum absolute atomic E-state index is 0. The molecule has 0 unspecified atom stereocenters. The number of benzene rings is 1. The molecule has 1 rings (SSSR count). The van der Waals surface area contributed by atoms with Gasteiger partial charge in [-0.05, 0) is 18.4 Å². The molecule has 0 aromatic heterocycles. The van der Waals surface area contributed by atoms with Crippen LogP contribution in [0, 0.1) is 16.0 Å². The van der Waals surface area contributed by atoms with Crippen molar-refractivity contribution in [1.82, 2.24) is 0 Å². The van der Waals surface area contributed by atoms with Gasteiger partial charge in [0.25, 0.3) is 5.69 Å². The lowest BCUT2D eigenvalue weighted by Crippen LogP contribution is -2.01. The maximum absolute atomic E-state index is 10.5. The molecule has 0 atom stereocenters. The van der Waals surface area contributed by atoms with E-state index in [-0.39, 0.29) is 13.1 Å². The lowest BCUT2D eigenvalue weighted by molar-refractivity contribution is -0.384. The summed E-state index contributed by atoms with van der Waals surface area (Å²) in [6, 6.07) is 6.26. The van der Waals surface area contributed by atoms with Crippen LogP contribution >= 0.6 is 0 Å². The predicted molar refractivity (Wildman–Crippen MR) is 64.8 cm³/mol. The van der Waals surface area contributed by atoms with E-state index in [1.807, 2.05) is 0 Å². The fourth-order valence-electron chi connectivity index (χ4n) is 1.10. The molecule has 0 spiro atoms. The van der Waals surface area contributed by atoms with Crippen LogP contribution in [0.1, 0.15) is 27.7 Å². The number of ether oxygens (including phenoxy) is 1. The molecule has 0 amide bonds. The molecule has 0 aliphatic rings. The maximum Gasteiger partial charge on any atom is 0.273 e. The van der Waals surface area contributed by atoms with Gasteiger partial charge < -0.3 is 4.74 Å². The molecule has 1 aromatic carbocycles. The van der Waals surface area contributed by atoms with Crippen molar-refractivity contribution < 1.29 is 9.66 Å². The second-order valence-electron chi connectivity index (χ2n) is 3.79. The fraction of sp³-hybridized carbons (Fsp3) is 0.500. The van der Waals surface area contributed by atoms with Gasteiger partial charge in [0.15, 0.2) is 0 Å². The van der Waals surface area contributed by atoms with Crippen LogP contribution in [0.25, 0.3) is 0 Å². The van der Waals surface area contributed by atoms with Crippen molar-refractivity contribution in [2.24, 2.45) is 5.92 Å². The Morgan fingerprint density at radius 3 is 2.69 bits per heavy atom. The van der Waals surface area contributed by atoms with Crippen LogP contribution in [-0.4, -0.2) is 11.5 Å². The molecule has 0 aliphatic heterocycles. The third-order valence-electron chi connectivity index (χ3n) is 1.99. The number of nitro groups is 1. The molecule has 0 saturated heterocycles. The zero-order valence-corrected chi connectivity index (χ0v) is 8.97. The van der Waals surface area contributed by atoms with Crippen LogP contribution in [0.2, 0.25) is 0 Å². The van der Waals surface area contributed by atoms with E-state index in [4.69, 9.17) is 4.74 Å². The first-order valence-electron chi connectivity index (χ1n) is 4.97. The Hall–Kier alpha value is -1.58. The van der Waals surface area contributed by atoms with Crippen LogP contribution in [0.4, 0.5) is 5.69 Å². The Morgan fingerprint density at radius 1 is 1.44 bits per heavy atom. The molecule has 90 valence electrons. The summed E-state index contributed by atoms with van der Waals surface area (Å²) in [6.07, 6.45) is 0.947. The monoisotopic (exact) mass is 225 g/mol. The van der Waals surface area contributed by atoms with Gasteiger partial charge in [-0.2, -0.15) is 0 Å². The van der Waals surface area contributed by atoms with Crippen LogP contribution in [0.3, 0.4) is 0 Å². The van der Waals surface area contributed by atoms with Gasteiger partial charge in [0.2, 0.25) is 0 Å². The SMILES string of the molecule is C.CC(C)CCOc1cccc([N+](=O)[O-])c1. The van der Waals surface area contributed by atoms with Crippen molar-refractivity contribution in [1.29, 1.82) is 0 Å². The lowest BCUT2D eigenvalue weighted by Gasteiger charge is -2.07. The summed E-state index contributed by atoms with van der Waals surface area (Å²) in [5.41, 5.74) is 0.0667. The molecule has 0 fully saturated rings. The van der Waals surface area contributed by atoms with E-state index in [1.165, 1.54) is 12.1 Å². The fourth-order valence-corrected chi connectivity index (χ4v) is 1.10. The Kier molecular flexibility index (Phi) is 6.15. The van der Waals surface area contributed by atoms with Gasteiger partial charge in [0, 0.05) is 6.07 Å². The van der Waals surface area contributed by atoms with Crippen molar-refractivity contribution in [2.75, 3.05) is 6.61 Å². The van der Waals surface area contributed by atoms with Crippen LogP contribution in [0.5, 0.6) is 5.75 Å². The van der Waals surface area contributed by atoms with Gasteiger partial charge in [0.05, 0.1) is 17.6 Å². The molecule has 0 N–H and O–H groups in total. The topological polar surface area (TPSA) is 52.4 Å². The van der Waals surface area contributed by atoms with Crippen molar-refractivity contribution in [3.8, 4) is 5.75 Å². The van der Waals surface area contributed by atoms with Gasteiger partial charge in [-0.15, -0.1) is 0 Å². The van der Waals surface area contributed by atoms with Crippen LogP contribution < -0.4 is 4.74 Å². The van der Waals surface area contributed by atoms with Crippen molar-refractivity contribution in [2.45, 2.75) is 27.7 Å². The lowest BCUT2D eigenvalue weighted by atomic mass is 10.1. The summed E-state index contributed by atoms with van der Waals surface area (Å²) < 4.78 is 5.40. The average Bonchev–Trinajstić information content (AvgIpc) is 2.17. The Balaban J connectivity index is 0.00000225. The summed E-state index contributed by atoms with van der Waals surface area (Å²) in [5.74, 6) is 1.13. The first-order chi connectivity index (χ1) is 7.09. The molecular formula is C12H19NO3. The summed E-state index contributed by atoms with van der Waals surface area (Å²) in [4.78, 5) is 10.1. The van der Waals surface area contributed by atoms with Gasteiger partial charge in [-0.3, -0.25) is 10.1 Å². The largest absolute Gasteiger partial charge is 0.493 e. The zero-order valence-electron chi connectivity index (χ0n) is 8.97. The van der Waals surface area contributed by atoms with E-state index in [0.29, 0.717) is 18.3 Å². The highest BCUT2D eigenvalue weighted by atomic mass is 16.6. The Labute approximate surface area is 96.4 Å². The molecule has 0 heterocycles. The van der Waals surface area contributed by atoms with Crippen LogP contribution in [0.15, 0.2) is 24.3 Å². The summed E-state index contributed by atoms with van der Waals surface area (Å²) in [5, 5.41) is 10.5. The van der Waals surface area contributed by atoms with Crippen molar-refractivity contribution in [3.63, 3.8) is 0 Å². The van der Waals surface area contributed by atoms with E-state index in [1.54, 1.807) is 12.1 Å². The molecule has 0 bridgehead atoms. The molecule has 0 radical (unpaired) electrons. The minimum atomic E-state index is -0.421. The highest BCUT2D eigenvalue weighted by molar-refractivity contribution is 5.37. The van der Waals surface area contributed by atoms with E-state index in [2.05, 4.69) is 13.8 Å². The highest BCUT2D eigenvalue weighted by Crippen LogP contribution is 2.19. The molecule has 4 nitrogen and oxygen atoms in total. The minimum Gasteiger partial charge on any atom is -0.493 e. The molecule has 1 aromatic rings. The number of nitrogens with zero attached hydrogens (tertiary/aromatic N) is 1. The van der Waals surface area contributed by atoms with Gasteiger partial charge >= 0.3 is 0 Å². The standard InChI is InChI=1S/C11H15NO3.CH4/c1-9(2)6-7-15-11-5-3-4-10(8-11)12(13)14;/h3-5,8-9H,6-7H2,1-2H3;1H4. The van der Waals surface area contributed by atoms with Gasteiger partial charge in [-0.25, -0.2) is 0 Å². The van der Waals surface area contributed by atoms with Crippen molar-refractivity contribution >= 4 is 5.69 Å². The number of non-ortho nitro benzene ring substituents is 1. The molecule has 4 heteroatoms. The quantitative estimate of drug-likeness (QED) is 0.567. The third kappa shape index (κ3) is 4.77. The first kappa shape index (κ1) is 14.4. The van der Waals surface area contributed by atoms with E-state index in [9.17, 15) is 10.1 Å². The summed E-state index contributed by atoms with van der Waals surface area (Å²) >= 11 is 0. The number of rotatable bonds is 5. The van der Waals surface area contributed by atoms with E-state index >= 15 is 0 Å². The van der Waals surface area contributed by atoms with Crippen LogP contribution in [-0.2, 0) is 0 Å². The highest BCUT2D eigenvalue weighted by Gasteiger charge is 2.06. The smallest absolute Gasteiger partial charge is 0.273 e. The summed E-state index contributed by atoms with van der Waals surface area (Å²) in [7, 11) is 0. The van der Waals surface area contributed by atoms with E-state index in [0.717, 1.165) is 6.42 Å². The molecule has 16 heavy (non-hydrogen) atoms. The van der Waals surface area contributed by atoms with Gasteiger partial charge in [0.1, 0.15) is 5.75 Å². The number of nitro benzene ring substituents is 1. The maximum atomic E-state index is 10.5.